The zero-order valence-corrected chi connectivity index (χ0v) is 16.1. The number of pyridine rings is 1. The van der Waals surface area contributed by atoms with E-state index in [1.165, 1.54) is 11.8 Å². The van der Waals surface area contributed by atoms with Crippen LogP contribution in [0.4, 0.5) is 5.69 Å². The first-order valence-electron chi connectivity index (χ1n) is 9.79. The van der Waals surface area contributed by atoms with Crippen LogP contribution in [0.25, 0.3) is 0 Å². The highest BCUT2D eigenvalue weighted by Crippen LogP contribution is 2.21. The van der Waals surface area contributed by atoms with E-state index in [4.69, 9.17) is 0 Å². The van der Waals surface area contributed by atoms with Gasteiger partial charge in [-0.1, -0.05) is 26.0 Å². The number of rotatable bonds is 5. The van der Waals surface area contributed by atoms with Gasteiger partial charge in [-0.25, -0.2) is 0 Å². The van der Waals surface area contributed by atoms with E-state index < -0.39 is 0 Å². The zero-order valence-electron chi connectivity index (χ0n) is 16.1. The molecule has 0 radical (unpaired) electrons. The Bertz CT molecular complexity index is 801. The third-order valence-corrected chi connectivity index (χ3v) is 5.22. The molecule has 2 aromatic rings. The van der Waals surface area contributed by atoms with Crippen molar-refractivity contribution < 1.29 is 9.59 Å². The molecule has 1 unspecified atom stereocenters. The fourth-order valence-electron chi connectivity index (χ4n) is 3.56. The van der Waals surface area contributed by atoms with Crippen molar-refractivity contribution in [2.45, 2.75) is 52.0 Å². The van der Waals surface area contributed by atoms with Crippen LogP contribution in [0, 0.1) is 0 Å². The van der Waals surface area contributed by atoms with Gasteiger partial charge in [-0.05, 0) is 61.9 Å². The van der Waals surface area contributed by atoms with Crippen LogP contribution in [0.5, 0.6) is 0 Å². The Morgan fingerprint density at radius 3 is 2.63 bits per heavy atom. The van der Waals surface area contributed by atoms with Crippen LogP contribution in [0.3, 0.4) is 0 Å². The molecular formula is C22H27N3O2. The van der Waals surface area contributed by atoms with Gasteiger partial charge >= 0.3 is 0 Å². The number of nitrogens with one attached hydrogen (secondary N) is 1. The standard InChI is InChI=1S/C22H27N3O2/c1-3-16-8-10-18(11-9-16)24-21(26)17-12-13-23-20(15-17)22(27)25-14-6-5-7-19(25)4-2/h8-13,15,19H,3-7,14H2,1-2H3,(H,24,26). The van der Waals surface area contributed by atoms with Gasteiger partial charge in [0.2, 0.25) is 0 Å². The van der Waals surface area contributed by atoms with Crippen LogP contribution < -0.4 is 5.32 Å². The Balaban J connectivity index is 1.73. The highest BCUT2D eigenvalue weighted by atomic mass is 16.2. The van der Waals surface area contributed by atoms with Crippen LogP contribution in [-0.4, -0.2) is 34.3 Å². The number of carbonyl (C=O) groups is 2. The van der Waals surface area contributed by atoms with Gasteiger partial charge in [0.1, 0.15) is 5.69 Å². The Morgan fingerprint density at radius 1 is 1.15 bits per heavy atom. The van der Waals surface area contributed by atoms with Crippen molar-refractivity contribution in [1.29, 1.82) is 0 Å². The largest absolute Gasteiger partial charge is 0.334 e. The molecule has 0 bridgehead atoms. The molecular weight excluding hydrogens is 338 g/mol. The summed E-state index contributed by atoms with van der Waals surface area (Å²) < 4.78 is 0. The molecule has 2 heterocycles. The molecule has 27 heavy (non-hydrogen) atoms. The predicted molar refractivity (Wildman–Crippen MR) is 107 cm³/mol. The Hall–Kier alpha value is -2.69. The number of nitrogens with zero attached hydrogens (tertiary/aromatic N) is 2. The monoisotopic (exact) mass is 365 g/mol. The maximum atomic E-state index is 12.9. The number of benzene rings is 1. The van der Waals surface area contributed by atoms with Crippen LogP contribution in [0.2, 0.25) is 0 Å². The summed E-state index contributed by atoms with van der Waals surface area (Å²) in [5, 5.41) is 2.88. The SMILES string of the molecule is CCc1ccc(NC(=O)c2ccnc(C(=O)N3CCCCC3CC)c2)cc1. The number of anilines is 1. The Kier molecular flexibility index (Phi) is 6.22. The third-order valence-electron chi connectivity index (χ3n) is 5.22. The fourth-order valence-corrected chi connectivity index (χ4v) is 3.56. The van der Waals surface area contributed by atoms with Gasteiger partial charge in [0.25, 0.3) is 11.8 Å². The molecule has 1 aliphatic rings. The number of aryl methyl sites for hydroxylation is 1. The minimum absolute atomic E-state index is 0.0801. The second-order valence-corrected chi connectivity index (χ2v) is 6.99. The van der Waals surface area contributed by atoms with Crippen molar-refractivity contribution >= 4 is 17.5 Å². The Morgan fingerprint density at radius 2 is 1.93 bits per heavy atom. The molecule has 0 saturated carbocycles. The number of amides is 2. The van der Waals surface area contributed by atoms with Crippen LogP contribution in [-0.2, 0) is 6.42 Å². The molecule has 1 fully saturated rings. The summed E-state index contributed by atoms with van der Waals surface area (Å²) in [6.07, 6.45) is 6.66. The molecule has 1 atom stereocenters. The van der Waals surface area contributed by atoms with Gasteiger partial charge in [0.15, 0.2) is 0 Å². The van der Waals surface area contributed by atoms with Crippen LogP contribution in [0.1, 0.15) is 65.9 Å². The molecule has 3 rings (SSSR count). The molecule has 5 heteroatoms. The molecule has 1 saturated heterocycles. The molecule has 1 aromatic carbocycles. The lowest BCUT2D eigenvalue weighted by Gasteiger charge is -2.35. The zero-order chi connectivity index (χ0) is 19.2. The number of carbonyl (C=O) groups excluding carboxylic acids is 2. The molecule has 1 aromatic heterocycles. The second kappa shape index (κ2) is 8.80. The van der Waals surface area contributed by atoms with Crippen molar-refractivity contribution in [3.05, 3.63) is 59.4 Å². The summed E-state index contributed by atoms with van der Waals surface area (Å²) in [5.41, 5.74) is 2.74. The second-order valence-electron chi connectivity index (χ2n) is 6.99. The van der Waals surface area contributed by atoms with Crippen molar-refractivity contribution in [1.82, 2.24) is 9.88 Å². The average Bonchev–Trinajstić information content (AvgIpc) is 2.73. The van der Waals surface area contributed by atoms with Crippen molar-refractivity contribution in [3.63, 3.8) is 0 Å². The summed E-state index contributed by atoms with van der Waals surface area (Å²) in [4.78, 5) is 31.6. The van der Waals surface area contributed by atoms with E-state index in [1.807, 2.05) is 29.2 Å². The lowest BCUT2D eigenvalue weighted by atomic mass is 9.99. The highest BCUT2D eigenvalue weighted by molar-refractivity contribution is 6.05. The van der Waals surface area contributed by atoms with Gasteiger partial charge in [0, 0.05) is 30.0 Å². The number of hydrogen-bond acceptors (Lipinski definition) is 3. The third kappa shape index (κ3) is 4.54. The molecule has 0 spiro atoms. The Labute approximate surface area is 160 Å². The van der Waals surface area contributed by atoms with Gasteiger partial charge in [0.05, 0.1) is 0 Å². The molecule has 0 aliphatic carbocycles. The van der Waals surface area contributed by atoms with E-state index in [0.717, 1.165) is 44.3 Å². The summed E-state index contributed by atoms with van der Waals surface area (Å²) in [6, 6.07) is 11.3. The molecule has 1 N–H and O–H groups in total. The quantitative estimate of drug-likeness (QED) is 0.859. The van der Waals surface area contributed by atoms with Gasteiger partial charge in [-0.3, -0.25) is 14.6 Å². The smallest absolute Gasteiger partial charge is 0.272 e. The first-order chi connectivity index (χ1) is 13.1. The number of likely N-dealkylation sites (tertiary alicyclic amines) is 1. The van der Waals surface area contributed by atoms with Gasteiger partial charge in [-0.15, -0.1) is 0 Å². The molecule has 142 valence electrons. The number of hydrogen-bond donors (Lipinski definition) is 1. The van der Waals surface area contributed by atoms with E-state index >= 15 is 0 Å². The van der Waals surface area contributed by atoms with E-state index in [9.17, 15) is 9.59 Å². The van der Waals surface area contributed by atoms with E-state index in [-0.39, 0.29) is 17.9 Å². The predicted octanol–water partition coefficient (Wildman–Crippen LogP) is 4.30. The van der Waals surface area contributed by atoms with E-state index in [0.29, 0.717) is 11.3 Å². The molecule has 2 amide bonds. The highest BCUT2D eigenvalue weighted by Gasteiger charge is 2.27. The van der Waals surface area contributed by atoms with Gasteiger partial charge < -0.3 is 10.2 Å². The minimum Gasteiger partial charge on any atom is -0.334 e. The maximum absolute atomic E-state index is 12.9. The summed E-state index contributed by atoms with van der Waals surface area (Å²) in [7, 11) is 0. The number of piperidine rings is 1. The first kappa shape index (κ1) is 19.1. The van der Waals surface area contributed by atoms with Crippen molar-refractivity contribution in [2.24, 2.45) is 0 Å². The topological polar surface area (TPSA) is 62.3 Å². The average molecular weight is 365 g/mol. The fraction of sp³-hybridized carbons (Fsp3) is 0.409. The normalized spacial score (nSPS) is 16.8. The lowest BCUT2D eigenvalue weighted by molar-refractivity contribution is 0.0602. The van der Waals surface area contributed by atoms with Crippen molar-refractivity contribution in [3.8, 4) is 0 Å². The van der Waals surface area contributed by atoms with Crippen LogP contribution in [0.15, 0.2) is 42.6 Å². The van der Waals surface area contributed by atoms with Crippen LogP contribution >= 0.6 is 0 Å². The van der Waals surface area contributed by atoms with E-state index in [2.05, 4.69) is 24.1 Å². The molecule has 1 aliphatic heterocycles. The minimum atomic E-state index is -0.235. The number of aromatic nitrogens is 1. The van der Waals surface area contributed by atoms with Gasteiger partial charge in [-0.2, -0.15) is 0 Å². The first-order valence-corrected chi connectivity index (χ1v) is 9.79. The lowest BCUT2D eigenvalue weighted by Crippen LogP contribution is -2.43. The van der Waals surface area contributed by atoms with Crippen molar-refractivity contribution in [2.75, 3.05) is 11.9 Å². The maximum Gasteiger partial charge on any atom is 0.272 e. The summed E-state index contributed by atoms with van der Waals surface area (Å²) in [5.74, 6) is -0.315. The summed E-state index contributed by atoms with van der Waals surface area (Å²) in [6.45, 7) is 4.96. The van der Waals surface area contributed by atoms with E-state index in [1.54, 1.807) is 12.1 Å². The summed E-state index contributed by atoms with van der Waals surface area (Å²) >= 11 is 0. The molecule has 5 nitrogen and oxygen atoms in total.